The molecule has 1 aliphatic rings. The molecule has 0 aromatic heterocycles. The van der Waals surface area contributed by atoms with Gasteiger partial charge in [-0.1, -0.05) is 53.6 Å². The van der Waals surface area contributed by atoms with Crippen molar-refractivity contribution in [2.75, 3.05) is 0 Å². The van der Waals surface area contributed by atoms with E-state index in [1.165, 1.54) is 44.5 Å². The van der Waals surface area contributed by atoms with Crippen LogP contribution >= 0.6 is 0 Å². The Bertz CT molecular complexity index is 900. The van der Waals surface area contributed by atoms with Crippen molar-refractivity contribution >= 4 is 17.0 Å². The van der Waals surface area contributed by atoms with Gasteiger partial charge in [-0.25, -0.2) is 0 Å². The van der Waals surface area contributed by atoms with Gasteiger partial charge in [-0.2, -0.15) is 0 Å². The van der Waals surface area contributed by atoms with Crippen LogP contribution in [0.15, 0.2) is 58.6 Å². The van der Waals surface area contributed by atoms with E-state index in [4.69, 9.17) is 4.99 Å². The third-order valence-electron chi connectivity index (χ3n) is 5.21. The Morgan fingerprint density at radius 3 is 2.16 bits per heavy atom. The highest BCUT2D eigenvalue weighted by molar-refractivity contribution is 6.05. The Balaban J connectivity index is 2.10. The van der Waals surface area contributed by atoms with Crippen molar-refractivity contribution < 1.29 is 0 Å². The molecular formula is C24H27N. The zero-order chi connectivity index (χ0) is 18.1. The molecule has 0 spiro atoms. The minimum Gasteiger partial charge on any atom is -0.253 e. The Hall–Kier alpha value is -2.41. The number of benzene rings is 2. The first-order valence-corrected chi connectivity index (χ1v) is 8.98. The predicted octanol–water partition coefficient (Wildman–Crippen LogP) is 6.88. The van der Waals surface area contributed by atoms with Gasteiger partial charge in [-0.05, 0) is 75.8 Å². The van der Waals surface area contributed by atoms with Gasteiger partial charge in [0, 0.05) is 11.3 Å². The first kappa shape index (κ1) is 17.4. The lowest BCUT2D eigenvalue weighted by molar-refractivity contribution is 1.28. The summed E-state index contributed by atoms with van der Waals surface area (Å²) in [7, 11) is 0. The molecule has 0 unspecified atom stereocenters. The lowest BCUT2D eigenvalue weighted by Gasteiger charge is -2.14. The average molecular weight is 329 g/mol. The molecule has 2 aromatic rings. The van der Waals surface area contributed by atoms with Crippen molar-refractivity contribution in [2.45, 2.75) is 48.0 Å². The average Bonchev–Trinajstić information content (AvgIpc) is 2.90. The molecule has 0 saturated heterocycles. The second kappa shape index (κ2) is 6.84. The molecule has 0 radical (unpaired) electrons. The van der Waals surface area contributed by atoms with Crippen molar-refractivity contribution in [1.82, 2.24) is 0 Å². The minimum atomic E-state index is 1.02. The third kappa shape index (κ3) is 3.37. The number of rotatable bonds is 3. The van der Waals surface area contributed by atoms with Crippen LogP contribution < -0.4 is 0 Å². The predicted molar refractivity (Wildman–Crippen MR) is 110 cm³/mol. The van der Waals surface area contributed by atoms with Gasteiger partial charge in [-0.15, -0.1) is 0 Å². The zero-order valence-corrected chi connectivity index (χ0v) is 16.2. The summed E-state index contributed by atoms with van der Waals surface area (Å²) in [4.78, 5) is 5.02. The van der Waals surface area contributed by atoms with Crippen LogP contribution in [0.3, 0.4) is 0 Å². The number of aryl methyl sites for hydroxylation is 3. The number of allylic oxidation sites excluding steroid dienone is 4. The van der Waals surface area contributed by atoms with E-state index in [9.17, 15) is 0 Å². The SMILES string of the molecule is CC1=CCC(c2ccccc2C(C)=Nc2c(C)cc(C)cc2C)=C1C. The second-order valence-corrected chi connectivity index (χ2v) is 7.18. The number of hydrogen-bond acceptors (Lipinski definition) is 1. The Morgan fingerprint density at radius 2 is 1.56 bits per heavy atom. The second-order valence-electron chi connectivity index (χ2n) is 7.18. The number of nitrogens with zero attached hydrogens (tertiary/aromatic N) is 1. The van der Waals surface area contributed by atoms with E-state index in [0.717, 1.165) is 17.8 Å². The molecule has 0 saturated carbocycles. The van der Waals surface area contributed by atoms with E-state index in [2.05, 4.69) is 84.0 Å². The van der Waals surface area contributed by atoms with Gasteiger partial charge in [0.15, 0.2) is 0 Å². The fourth-order valence-electron chi connectivity index (χ4n) is 3.75. The summed E-state index contributed by atoms with van der Waals surface area (Å²) in [6, 6.07) is 13.1. The normalized spacial score (nSPS) is 15.0. The number of aliphatic imine (C=N–C) groups is 1. The molecule has 3 rings (SSSR count). The Morgan fingerprint density at radius 1 is 0.920 bits per heavy atom. The molecule has 0 aliphatic heterocycles. The fourth-order valence-corrected chi connectivity index (χ4v) is 3.75. The first-order chi connectivity index (χ1) is 11.9. The Kier molecular flexibility index (Phi) is 4.76. The molecule has 0 heterocycles. The van der Waals surface area contributed by atoms with E-state index < -0.39 is 0 Å². The quantitative estimate of drug-likeness (QED) is 0.544. The molecule has 2 aromatic carbocycles. The molecule has 0 N–H and O–H groups in total. The van der Waals surface area contributed by atoms with Gasteiger partial charge in [0.05, 0.1) is 5.69 Å². The van der Waals surface area contributed by atoms with Crippen LogP contribution in [0.4, 0.5) is 5.69 Å². The summed E-state index contributed by atoms with van der Waals surface area (Å²) in [5, 5.41) is 0. The molecule has 128 valence electrons. The zero-order valence-electron chi connectivity index (χ0n) is 16.2. The molecule has 0 amide bonds. The van der Waals surface area contributed by atoms with Crippen molar-refractivity contribution in [1.29, 1.82) is 0 Å². The third-order valence-corrected chi connectivity index (χ3v) is 5.21. The van der Waals surface area contributed by atoms with Crippen LogP contribution in [-0.2, 0) is 0 Å². The minimum absolute atomic E-state index is 1.02. The van der Waals surface area contributed by atoms with Crippen molar-refractivity contribution in [2.24, 2.45) is 4.99 Å². The highest BCUT2D eigenvalue weighted by atomic mass is 14.8. The lowest BCUT2D eigenvalue weighted by atomic mass is 9.93. The molecule has 1 nitrogen and oxygen atoms in total. The van der Waals surface area contributed by atoms with E-state index >= 15 is 0 Å². The largest absolute Gasteiger partial charge is 0.253 e. The maximum absolute atomic E-state index is 5.02. The summed E-state index contributed by atoms with van der Waals surface area (Å²) in [6.07, 6.45) is 3.34. The monoisotopic (exact) mass is 329 g/mol. The summed E-state index contributed by atoms with van der Waals surface area (Å²) >= 11 is 0. The molecule has 25 heavy (non-hydrogen) atoms. The number of hydrogen-bond donors (Lipinski definition) is 0. The van der Waals surface area contributed by atoms with Crippen LogP contribution in [0.2, 0.25) is 0 Å². The van der Waals surface area contributed by atoms with Crippen LogP contribution in [-0.4, -0.2) is 5.71 Å². The van der Waals surface area contributed by atoms with Crippen LogP contribution in [0.5, 0.6) is 0 Å². The van der Waals surface area contributed by atoms with Gasteiger partial charge in [0.2, 0.25) is 0 Å². The molecule has 1 heteroatoms. The van der Waals surface area contributed by atoms with Gasteiger partial charge in [-0.3, -0.25) is 4.99 Å². The summed E-state index contributed by atoms with van der Waals surface area (Å²) in [6.45, 7) is 13.0. The summed E-state index contributed by atoms with van der Waals surface area (Å²) in [5.74, 6) is 0. The van der Waals surface area contributed by atoms with Crippen LogP contribution in [0, 0.1) is 20.8 Å². The Labute approximate surface area is 151 Å². The van der Waals surface area contributed by atoms with Crippen molar-refractivity contribution in [3.8, 4) is 0 Å². The van der Waals surface area contributed by atoms with Gasteiger partial charge < -0.3 is 0 Å². The molecule has 0 fully saturated rings. The van der Waals surface area contributed by atoms with Gasteiger partial charge in [0.25, 0.3) is 0 Å². The van der Waals surface area contributed by atoms with Crippen molar-refractivity contribution in [3.63, 3.8) is 0 Å². The molecule has 0 atom stereocenters. The maximum atomic E-state index is 5.02. The topological polar surface area (TPSA) is 12.4 Å². The van der Waals surface area contributed by atoms with E-state index in [-0.39, 0.29) is 0 Å². The van der Waals surface area contributed by atoms with E-state index in [1.807, 2.05) is 0 Å². The van der Waals surface area contributed by atoms with E-state index in [0.29, 0.717) is 0 Å². The van der Waals surface area contributed by atoms with Crippen molar-refractivity contribution in [3.05, 3.63) is 81.4 Å². The fraction of sp³-hybridized carbons (Fsp3) is 0.292. The van der Waals surface area contributed by atoms with Crippen LogP contribution in [0.1, 0.15) is 55.0 Å². The molecule has 1 aliphatic carbocycles. The lowest BCUT2D eigenvalue weighted by Crippen LogP contribution is -2.01. The highest BCUT2D eigenvalue weighted by Gasteiger charge is 2.16. The summed E-state index contributed by atoms with van der Waals surface area (Å²) < 4.78 is 0. The smallest absolute Gasteiger partial charge is 0.0691 e. The van der Waals surface area contributed by atoms with Crippen LogP contribution in [0.25, 0.3) is 5.57 Å². The first-order valence-electron chi connectivity index (χ1n) is 8.98. The van der Waals surface area contributed by atoms with Gasteiger partial charge >= 0.3 is 0 Å². The highest BCUT2D eigenvalue weighted by Crippen LogP contribution is 2.35. The molecule has 0 bridgehead atoms. The van der Waals surface area contributed by atoms with E-state index in [1.54, 1.807) is 0 Å². The maximum Gasteiger partial charge on any atom is 0.0691 e. The summed E-state index contributed by atoms with van der Waals surface area (Å²) in [5.41, 5.74) is 12.7. The van der Waals surface area contributed by atoms with Gasteiger partial charge in [0.1, 0.15) is 0 Å². The molecular weight excluding hydrogens is 302 g/mol. The standard InChI is InChI=1S/C24H27N/c1-15-13-17(3)24(18(4)14-15)25-20(6)22-9-7-8-10-23(22)21-12-11-16(2)19(21)5/h7-11,13-14H,12H2,1-6H3.